The van der Waals surface area contributed by atoms with Crippen molar-refractivity contribution in [2.24, 2.45) is 4.99 Å². The Balaban J connectivity index is 0.00000420. The van der Waals surface area contributed by atoms with Crippen molar-refractivity contribution in [1.82, 2.24) is 20.0 Å². The van der Waals surface area contributed by atoms with E-state index in [1.165, 1.54) is 0 Å². The number of nitrogens with zero attached hydrogens (tertiary/aromatic N) is 4. The van der Waals surface area contributed by atoms with E-state index >= 15 is 0 Å². The molecule has 1 aliphatic heterocycles. The molecule has 1 saturated heterocycles. The molecule has 0 spiro atoms. The van der Waals surface area contributed by atoms with Crippen LogP contribution in [0.3, 0.4) is 0 Å². The summed E-state index contributed by atoms with van der Waals surface area (Å²) in [5.74, 6) is 0.979. The zero-order valence-corrected chi connectivity index (χ0v) is 20.4. The standard InChI is InChI=1S/C20H30ClN5O2.HI/c1-4-22-20(23-9-8-18(27)24(2)3)26-12-10-25(11-13-26)19(28)15-16-6-5-7-17(21)14-16;/h5-7,14H,4,8-13,15H2,1-3H3,(H,22,23);1H. The number of rotatable bonds is 6. The molecular formula is C20H31ClIN5O2. The topological polar surface area (TPSA) is 68.2 Å². The van der Waals surface area contributed by atoms with Gasteiger partial charge in [-0.1, -0.05) is 23.7 Å². The Morgan fingerprint density at radius 2 is 1.83 bits per heavy atom. The van der Waals surface area contributed by atoms with Crippen LogP contribution in [0.4, 0.5) is 0 Å². The molecule has 1 heterocycles. The maximum Gasteiger partial charge on any atom is 0.227 e. The van der Waals surface area contributed by atoms with Gasteiger partial charge in [-0.15, -0.1) is 24.0 Å². The number of nitrogens with one attached hydrogen (secondary N) is 1. The first-order valence-electron chi connectivity index (χ1n) is 9.66. The summed E-state index contributed by atoms with van der Waals surface area (Å²) < 4.78 is 0. The molecule has 29 heavy (non-hydrogen) atoms. The van der Waals surface area contributed by atoms with Crippen molar-refractivity contribution in [2.75, 3.05) is 53.4 Å². The number of benzene rings is 1. The van der Waals surface area contributed by atoms with E-state index in [9.17, 15) is 9.59 Å². The van der Waals surface area contributed by atoms with Crippen molar-refractivity contribution in [2.45, 2.75) is 19.8 Å². The largest absolute Gasteiger partial charge is 0.357 e. The number of amides is 2. The van der Waals surface area contributed by atoms with Gasteiger partial charge in [0.2, 0.25) is 11.8 Å². The Bertz CT molecular complexity index is 706. The second-order valence-corrected chi connectivity index (χ2v) is 7.38. The summed E-state index contributed by atoms with van der Waals surface area (Å²) in [6.45, 7) is 5.97. The van der Waals surface area contributed by atoms with Gasteiger partial charge in [0.25, 0.3) is 0 Å². The van der Waals surface area contributed by atoms with E-state index in [0.29, 0.717) is 37.5 Å². The van der Waals surface area contributed by atoms with E-state index in [1.54, 1.807) is 19.0 Å². The molecule has 1 fully saturated rings. The fourth-order valence-electron chi connectivity index (χ4n) is 3.01. The molecule has 1 aromatic rings. The minimum absolute atomic E-state index is 0. The van der Waals surface area contributed by atoms with Crippen LogP contribution in [0.1, 0.15) is 18.9 Å². The first-order valence-corrected chi connectivity index (χ1v) is 10.0. The highest BCUT2D eigenvalue weighted by Gasteiger charge is 2.23. The van der Waals surface area contributed by atoms with Gasteiger partial charge < -0.3 is 20.0 Å². The third-order valence-electron chi connectivity index (χ3n) is 4.60. The Hall–Kier alpha value is -1.55. The van der Waals surface area contributed by atoms with Gasteiger partial charge in [-0.05, 0) is 24.6 Å². The van der Waals surface area contributed by atoms with E-state index in [0.717, 1.165) is 31.2 Å². The number of aliphatic imine (C=N–C) groups is 1. The van der Waals surface area contributed by atoms with Gasteiger partial charge in [0.1, 0.15) is 0 Å². The lowest BCUT2D eigenvalue weighted by Gasteiger charge is -2.36. The summed E-state index contributed by atoms with van der Waals surface area (Å²) in [5.41, 5.74) is 0.931. The van der Waals surface area contributed by atoms with Gasteiger partial charge >= 0.3 is 0 Å². The SMILES string of the molecule is CCNC(=NCCC(=O)N(C)C)N1CCN(C(=O)Cc2cccc(Cl)c2)CC1.I. The average Bonchev–Trinajstić information content (AvgIpc) is 2.67. The summed E-state index contributed by atoms with van der Waals surface area (Å²) in [6, 6.07) is 7.43. The van der Waals surface area contributed by atoms with Crippen LogP contribution in [-0.2, 0) is 16.0 Å². The summed E-state index contributed by atoms with van der Waals surface area (Å²) in [6.07, 6.45) is 0.751. The third-order valence-corrected chi connectivity index (χ3v) is 4.83. The average molecular weight is 536 g/mol. The molecule has 0 unspecified atom stereocenters. The predicted molar refractivity (Wildman–Crippen MR) is 128 cm³/mol. The van der Waals surface area contributed by atoms with E-state index in [4.69, 9.17) is 11.6 Å². The number of piperazine rings is 1. The molecule has 162 valence electrons. The molecule has 2 rings (SSSR count). The summed E-state index contributed by atoms with van der Waals surface area (Å²) in [5, 5.41) is 3.93. The first-order chi connectivity index (χ1) is 13.4. The Kier molecular flexibility index (Phi) is 11.3. The van der Waals surface area contributed by atoms with Gasteiger partial charge in [-0.2, -0.15) is 0 Å². The van der Waals surface area contributed by atoms with E-state index in [2.05, 4.69) is 15.2 Å². The fraction of sp³-hybridized carbons (Fsp3) is 0.550. The molecule has 0 radical (unpaired) electrons. The van der Waals surface area contributed by atoms with Crippen molar-refractivity contribution >= 4 is 53.4 Å². The van der Waals surface area contributed by atoms with Gasteiger partial charge in [-0.3, -0.25) is 14.6 Å². The van der Waals surface area contributed by atoms with E-state index in [-0.39, 0.29) is 35.8 Å². The van der Waals surface area contributed by atoms with Crippen molar-refractivity contribution in [1.29, 1.82) is 0 Å². The highest BCUT2D eigenvalue weighted by molar-refractivity contribution is 14.0. The highest BCUT2D eigenvalue weighted by Crippen LogP contribution is 2.13. The minimum atomic E-state index is 0. The number of halogens is 2. The van der Waals surface area contributed by atoms with Crippen LogP contribution in [0.15, 0.2) is 29.3 Å². The quantitative estimate of drug-likeness (QED) is 0.344. The highest BCUT2D eigenvalue weighted by atomic mass is 127. The zero-order chi connectivity index (χ0) is 20.5. The zero-order valence-electron chi connectivity index (χ0n) is 17.4. The van der Waals surface area contributed by atoms with Crippen molar-refractivity contribution in [3.63, 3.8) is 0 Å². The molecule has 0 bridgehead atoms. The molecule has 1 N–H and O–H groups in total. The van der Waals surface area contributed by atoms with Gasteiger partial charge in [0.05, 0.1) is 13.0 Å². The lowest BCUT2D eigenvalue weighted by molar-refractivity contribution is -0.131. The fourth-order valence-corrected chi connectivity index (χ4v) is 3.22. The molecule has 1 aromatic carbocycles. The molecule has 0 aromatic heterocycles. The summed E-state index contributed by atoms with van der Waals surface area (Å²) >= 11 is 6.00. The number of hydrogen-bond acceptors (Lipinski definition) is 3. The molecule has 0 atom stereocenters. The third kappa shape index (κ3) is 8.38. The van der Waals surface area contributed by atoms with Crippen LogP contribution in [0, 0.1) is 0 Å². The molecular weight excluding hydrogens is 505 g/mol. The van der Waals surface area contributed by atoms with Gasteiger partial charge in [-0.25, -0.2) is 0 Å². The van der Waals surface area contributed by atoms with Gasteiger partial charge in [0, 0.05) is 58.3 Å². The van der Waals surface area contributed by atoms with Crippen LogP contribution >= 0.6 is 35.6 Å². The molecule has 0 aliphatic carbocycles. The number of guanidine groups is 1. The van der Waals surface area contributed by atoms with Crippen LogP contribution in [0.2, 0.25) is 5.02 Å². The molecule has 7 nitrogen and oxygen atoms in total. The molecule has 2 amide bonds. The van der Waals surface area contributed by atoms with Crippen molar-refractivity contribution in [3.8, 4) is 0 Å². The van der Waals surface area contributed by atoms with E-state index < -0.39 is 0 Å². The lowest BCUT2D eigenvalue weighted by Crippen LogP contribution is -2.54. The summed E-state index contributed by atoms with van der Waals surface area (Å²) in [4.78, 5) is 34.5. The van der Waals surface area contributed by atoms with Gasteiger partial charge in [0.15, 0.2) is 5.96 Å². The van der Waals surface area contributed by atoms with Crippen molar-refractivity contribution in [3.05, 3.63) is 34.9 Å². The Morgan fingerprint density at radius 3 is 2.41 bits per heavy atom. The number of carbonyl (C=O) groups excluding carboxylic acids is 2. The van der Waals surface area contributed by atoms with E-state index in [1.807, 2.05) is 36.1 Å². The molecule has 0 saturated carbocycles. The number of carbonyl (C=O) groups is 2. The van der Waals surface area contributed by atoms with Crippen molar-refractivity contribution < 1.29 is 9.59 Å². The van der Waals surface area contributed by atoms with Crippen LogP contribution < -0.4 is 5.32 Å². The number of hydrogen-bond donors (Lipinski definition) is 1. The maximum absolute atomic E-state index is 12.6. The minimum Gasteiger partial charge on any atom is -0.357 e. The summed E-state index contributed by atoms with van der Waals surface area (Å²) in [7, 11) is 3.49. The smallest absolute Gasteiger partial charge is 0.227 e. The lowest BCUT2D eigenvalue weighted by atomic mass is 10.1. The predicted octanol–water partition coefficient (Wildman–Crippen LogP) is 2.09. The first kappa shape index (κ1) is 25.5. The normalized spacial score (nSPS) is 14.3. The molecule has 1 aliphatic rings. The Morgan fingerprint density at radius 1 is 1.17 bits per heavy atom. The second-order valence-electron chi connectivity index (χ2n) is 6.95. The second kappa shape index (κ2) is 12.9. The molecule has 9 heteroatoms. The van der Waals surface area contributed by atoms with Crippen LogP contribution in [-0.4, -0.2) is 85.8 Å². The monoisotopic (exact) mass is 535 g/mol. The Labute approximate surface area is 195 Å². The van der Waals surface area contributed by atoms with Crippen LogP contribution in [0.25, 0.3) is 0 Å². The van der Waals surface area contributed by atoms with Crippen LogP contribution in [0.5, 0.6) is 0 Å². The maximum atomic E-state index is 12.6.